The van der Waals surface area contributed by atoms with Crippen molar-refractivity contribution in [3.63, 3.8) is 0 Å². The van der Waals surface area contributed by atoms with E-state index in [0.717, 1.165) is 5.57 Å². The summed E-state index contributed by atoms with van der Waals surface area (Å²) in [5, 5.41) is 9.39. The predicted octanol–water partition coefficient (Wildman–Crippen LogP) is 1.45. The molecule has 0 saturated heterocycles. The molecule has 92 valence electrons. The van der Waals surface area contributed by atoms with Gasteiger partial charge in [-0.25, -0.2) is 4.79 Å². The van der Waals surface area contributed by atoms with E-state index in [0.29, 0.717) is 12.2 Å². The maximum atomic E-state index is 11.0. The molecule has 1 unspecified atom stereocenters. The Labute approximate surface area is 96.6 Å². The lowest BCUT2D eigenvalue weighted by molar-refractivity contribution is -0.142. The standard InChI is InChI=1S/C12H20O4/c1-9(2)5-6-15-7-11(13)8-16-12(14)10(3)4/h5,11,13H,3,6-8H2,1-2,4H3. The van der Waals surface area contributed by atoms with E-state index >= 15 is 0 Å². The van der Waals surface area contributed by atoms with Gasteiger partial charge in [-0.2, -0.15) is 0 Å². The molecule has 0 aromatic carbocycles. The Hall–Kier alpha value is -1.13. The SMILES string of the molecule is C=C(C)C(=O)OCC(O)COCC=C(C)C. The molecule has 0 bridgehead atoms. The van der Waals surface area contributed by atoms with Crippen molar-refractivity contribution in [3.05, 3.63) is 23.8 Å². The number of ether oxygens (including phenoxy) is 2. The fraction of sp³-hybridized carbons (Fsp3) is 0.583. The van der Waals surface area contributed by atoms with Gasteiger partial charge in [0, 0.05) is 5.57 Å². The highest BCUT2D eigenvalue weighted by molar-refractivity contribution is 5.86. The van der Waals surface area contributed by atoms with Crippen LogP contribution >= 0.6 is 0 Å². The highest BCUT2D eigenvalue weighted by Crippen LogP contribution is 1.95. The van der Waals surface area contributed by atoms with Gasteiger partial charge in [-0.3, -0.25) is 0 Å². The molecule has 0 radical (unpaired) electrons. The summed E-state index contributed by atoms with van der Waals surface area (Å²) in [6, 6.07) is 0. The maximum absolute atomic E-state index is 11.0. The lowest BCUT2D eigenvalue weighted by atomic mass is 10.3. The van der Waals surface area contributed by atoms with Crippen molar-refractivity contribution in [2.24, 2.45) is 0 Å². The molecule has 1 N–H and O–H groups in total. The number of esters is 1. The molecule has 0 amide bonds. The summed E-state index contributed by atoms with van der Waals surface area (Å²) in [6.07, 6.45) is 1.11. The summed E-state index contributed by atoms with van der Waals surface area (Å²) in [5.74, 6) is -0.497. The third-order valence-corrected chi connectivity index (χ3v) is 1.67. The highest BCUT2D eigenvalue weighted by Gasteiger charge is 2.08. The minimum Gasteiger partial charge on any atom is -0.460 e. The quantitative estimate of drug-likeness (QED) is 0.310. The van der Waals surface area contributed by atoms with E-state index < -0.39 is 12.1 Å². The van der Waals surface area contributed by atoms with Crippen LogP contribution < -0.4 is 0 Å². The van der Waals surface area contributed by atoms with Crippen LogP contribution in [-0.2, 0) is 14.3 Å². The molecular formula is C12H20O4. The predicted molar refractivity (Wildman–Crippen MR) is 62.0 cm³/mol. The van der Waals surface area contributed by atoms with Gasteiger partial charge in [0.05, 0.1) is 13.2 Å². The minimum absolute atomic E-state index is 0.0689. The van der Waals surface area contributed by atoms with Crippen molar-refractivity contribution >= 4 is 5.97 Å². The summed E-state index contributed by atoms with van der Waals surface area (Å²) < 4.78 is 9.92. The first kappa shape index (κ1) is 14.9. The molecule has 0 saturated carbocycles. The van der Waals surface area contributed by atoms with E-state index in [9.17, 15) is 9.90 Å². The zero-order chi connectivity index (χ0) is 12.6. The van der Waals surface area contributed by atoms with E-state index in [1.165, 1.54) is 0 Å². The Kier molecular flexibility index (Phi) is 7.50. The topological polar surface area (TPSA) is 55.8 Å². The van der Waals surface area contributed by atoms with Gasteiger partial charge in [0.15, 0.2) is 0 Å². The van der Waals surface area contributed by atoms with Crippen LogP contribution in [0.5, 0.6) is 0 Å². The van der Waals surface area contributed by atoms with Gasteiger partial charge in [0.25, 0.3) is 0 Å². The van der Waals surface area contributed by atoms with Crippen molar-refractivity contribution < 1.29 is 19.4 Å². The average Bonchev–Trinajstić information content (AvgIpc) is 2.20. The van der Waals surface area contributed by atoms with E-state index in [1.54, 1.807) is 6.92 Å². The van der Waals surface area contributed by atoms with Crippen molar-refractivity contribution in [1.82, 2.24) is 0 Å². The molecule has 0 aromatic heterocycles. The van der Waals surface area contributed by atoms with Crippen LogP contribution in [0.2, 0.25) is 0 Å². The van der Waals surface area contributed by atoms with Crippen LogP contribution in [0, 0.1) is 0 Å². The van der Waals surface area contributed by atoms with Gasteiger partial charge in [0.1, 0.15) is 12.7 Å². The third kappa shape index (κ3) is 8.20. The van der Waals surface area contributed by atoms with E-state index in [4.69, 9.17) is 9.47 Å². The lowest BCUT2D eigenvalue weighted by Crippen LogP contribution is -2.24. The summed E-state index contributed by atoms with van der Waals surface area (Å²) in [6.45, 7) is 9.45. The van der Waals surface area contributed by atoms with Crippen molar-refractivity contribution in [3.8, 4) is 0 Å². The second-order valence-electron chi connectivity index (χ2n) is 3.85. The zero-order valence-corrected chi connectivity index (χ0v) is 10.2. The minimum atomic E-state index is -0.797. The molecule has 0 aromatic rings. The molecular weight excluding hydrogens is 208 g/mol. The van der Waals surface area contributed by atoms with Gasteiger partial charge in [-0.1, -0.05) is 18.2 Å². The van der Waals surface area contributed by atoms with E-state index in [2.05, 4.69) is 6.58 Å². The summed E-state index contributed by atoms with van der Waals surface area (Å²) in [7, 11) is 0. The van der Waals surface area contributed by atoms with Gasteiger partial charge >= 0.3 is 5.97 Å². The highest BCUT2D eigenvalue weighted by atomic mass is 16.5. The molecule has 0 rings (SSSR count). The molecule has 0 aliphatic carbocycles. The van der Waals surface area contributed by atoms with Gasteiger partial charge in [-0.15, -0.1) is 0 Å². The zero-order valence-electron chi connectivity index (χ0n) is 10.2. The summed E-state index contributed by atoms with van der Waals surface area (Å²) >= 11 is 0. The number of aliphatic hydroxyl groups excluding tert-OH is 1. The Bertz CT molecular complexity index is 264. The van der Waals surface area contributed by atoms with Gasteiger partial charge in [0.2, 0.25) is 0 Å². The maximum Gasteiger partial charge on any atom is 0.333 e. The number of aliphatic hydroxyl groups is 1. The summed E-state index contributed by atoms with van der Waals surface area (Å²) in [5.41, 5.74) is 1.47. The first-order valence-corrected chi connectivity index (χ1v) is 5.15. The van der Waals surface area contributed by atoms with Crippen molar-refractivity contribution in [1.29, 1.82) is 0 Å². The fourth-order valence-electron chi connectivity index (χ4n) is 0.773. The number of hydrogen-bond donors (Lipinski definition) is 1. The Morgan fingerprint density at radius 2 is 2.00 bits per heavy atom. The lowest BCUT2D eigenvalue weighted by Gasteiger charge is -2.11. The molecule has 0 aliphatic heterocycles. The number of carbonyl (C=O) groups excluding carboxylic acids is 1. The molecule has 0 heterocycles. The first-order valence-electron chi connectivity index (χ1n) is 5.15. The van der Waals surface area contributed by atoms with Gasteiger partial charge < -0.3 is 14.6 Å². The fourth-order valence-corrected chi connectivity index (χ4v) is 0.773. The Balaban J connectivity index is 3.59. The van der Waals surface area contributed by atoms with E-state index in [1.807, 2.05) is 19.9 Å². The van der Waals surface area contributed by atoms with Crippen LogP contribution in [0.4, 0.5) is 0 Å². The molecule has 1 atom stereocenters. The monoisotopic (exact) mass is 228 g/mol. The average molecular weight is 228 g/mol. The van der Waals surface area contributed by atoms with Crippen LogP contribution in [-0.4, -0.2) is 37.0 Å². The normalized spacial score (nSPS) is 11.8. The number of carbonyl (C=O) groups is 1. The van der Waals surface area contributed by atoms with Crippen LogP contribution in [0.15, 0.2) is 23.8 Å². The molecule has 0 spiro atoms. The van der Waals surface area contributed by atoms with Crippen LogP contribution in [0.3, 0.4) is 0 Å². The molecule has 16 heavy (non-hydrogen) atoms. The second-order valence-corrected chi connectivity index (χ2v) is 3.85. The third-order valence-electron chi connectivity index (χ3n) is 1.67. The van der Waals surface area contributed by atoms with Crippen molar-refractivity contribution in [2.75, 3.05) is 19.8 Å². The Morgan fingerprint density at radius 3 is 2.50 bits per heavy atom. The largest absolute Gasteiger partial charge is 0.460 e. The van der Waals surface area contributed by atoms with E-state index in [-0.39, 0.29) is 13.2 Å². The summed E-state index contributed by atoms with van der Waals surface area (Å²) in [4.78, 5) is 11.0. The molecule has 4 heteroatoms. The molecule has 4 nitrogen and oxygen atoms in total. The number of hydrogen-bond acceptors (Lipinski definition) is 4. The van der Waals surface area contributed by atoms with Crippen LogP contribution in [0.25, 0.3) is 0 Å². The van der Waals surface area contributed by atoms with Crippen LogP contribution in [0.1, 0.15) is 20.8 Å². The number of allylic oxidation sites excluding steroid dienone is 1. The number of rotatable bonds is 7. The molecule has 0 aliphatic rings. The first-order chi connectivity index (χ1) is 7.43. The smallest absolute Gasteiger partial charge is 0.333 e. The van der Waals surface area contributed by atoms with Crippen molar-refractivity contribution in [2.45, 2.75) is 26.9 Å². The second kappa shape index (κ2) is 8.07. The molecule has 0 fully saturated rings. The van der Waals surface area contributed by atoms with Gasteiger partial charge in [-0.05, 0) is 20.8 Å². The Morgan fingerprint density at radius 1 is 1.38 bits per heavy atom.